The van der Waals surface area contributed by atoms with E-state index in [4.69, 9.17) is 5.11 Å². The smallest absolute Gasteiger partial charge is 0.335 e. The summed E-state index contributed by atoms with van der Waals surface area (Å²) in [5.41, 5.74) is 1.15. The molecule has 0 spiro atoms. The van der Waals surface area contributed by atoms with Gasteiger partial charge in [-0.3, -0.25) is 4.68 Å². The highest BCUT2D eigenvalue weighted by Crippen LogP contribution is 2.22. The number of sulfone groups is 1. The molecule has 1 aromatic carbocycles. The molecule has 21 heavy (non-hydrogen) atoms. The molecule has 0 atom stereocenters. The predicted molar refractivity (Wildman–Crippen MR) is 76.9 cm³/mol. The van der Waals surface area contributed by atoms with Gasteiger partial charge < -0.3 is 5.11 Å². The van der Waals surface area contributed by atoms with Gasteiger partial charge >= 0.3 is 5.97 Å². The Hall–Kier alpha value is -2.15. The van der Waals surface area contributed by atoms with E-state index in [1.807, 2.05) is 6.92 Å². The van der Waals surface area contributed by atoms with Gasteiger partial charge in [-0.15, -0.1) is 0 Å². The molecule has 0 unspecified atom stereocenters. The zero-order valence-corrected chi connectivity index (χ0v) is 12.6. The molecule has 0 radical (unpaired) electrons. The fourth-order valence-electron chi connectivity index (χ4n) is 2.11. The molecular formula is C14H16N2O4S. The van der Waals surface area contributed by atoms with Crippen LogP contribution in [0.3, 0.4) is 0 Å². The quantitative estimate of drug-likeness (QED) is 0.907. The highest BCUT2D eigenvalue weighted by atomic mass is 32.2. The summed E-state index contributed by atoms with van der Waals surface area (Å²) in [5.74, 6) is -1.34. The summed E-state index contributed by atoms with van der Waals surface area (Å²) in [7, 11) is -1.91. The van der Waals surface area contributed by atoms with Gasteiger partial charge in [0.25, 0.3) is 0 Å². The van der Waals surface area contributed by atoms with Crippen LogP contribution in [0.5, 0.6) is 0 Å². The van der Waals surface area contributed by atoms with Crippen molar-refractivity contribution in [1.82, 2.24) is 9.78 Å². The van der Waals surface area contributed by atoms with Crippen molar-refractivity contribution in [3.05, 3.63) is 47.3 Å². The van der Waals surface area contributed by atoms with E-state index >= 15 is 0 Å². The van der Waals surface area contributed by atoms with Crippen molar-refractivity contribution in [2.75, 3.05) is 0 Å². The van der Waals surface area contributed by atoms with Crippen LogP contribution in [0.1, 0.15) is 28.4 Å². The maximum Gasteiger partial charge on any atom is 0.335 e. The molecule has 2 aromatic rings. The Bertz CT molecular complexity index is 778. The third kappa shape index (κ3) is 3.30. The molecule has 7 heteroatoms. The molecule has 0 saturated carbocycles. The number of benzene rings is 1. The summed E-state index contributed by atoms with van der Waals surface area (Å²) in [4.78, 5) is 11.1. The van der Waals surface area contributed by atoms with Crippen LogP contribution in [0.4, 0.5) is 0 Å². The Kier molecular flexibility index (Phi) is 4.13. The maximum atomic E-state index is 12.5. The Morgan fingerprint density at radius 3 is 2.62 bits per heavy atom. The van der Waals surface area contributed by atoms with Crippen molar-refractivity contribution in [1.29, 1.82) is 0 Å². The summed E-state index contributed by atoms with van der Waals surface area (Å²) in [6, 6.07) is 4.21. The first-order chi connectivity index (χ1) is 9.83. The first-order valence-corrected chi connectivity index (χ1v) is 8.05. The molecule has 6 nitrogen and oxygen atoms in total. The largest absolute Gasteiger partial charge is 0.478 e. The molecule has 0 aliphatic heterocycles. The van der Waals surface area contributed by atoms with Gasteiger partial charge in [0.15, 0.2) is 9.84 Å². The van der Waals surface area contributed by atoms with E-state index in [0.29, 0.717) is 17.5 Å². The molecule has 0 amide bonds. The number of hydrogen-bond acceptors (Lipinski definition) is 4. The SMILES string of the molecule is CCc1ccc(C(=O)O)cc1S(=O)(=O)Cc1cnn(C)c1. The lowest BCUT2D eigenvalue weighted by Crippen LogP contribution is -2.09. The second-order valence-corrected chi connectivity index (χ2v) is 6.72. The van der Waals surface area contributed by atoms with Crippen LogP contribution in [0.15, 0.2) is 35.5 Å². The first-order valence-electron chi connectivity index (χ1n) is 6.40. The van der Waals surface area contributed by atoms with E-state index < -0.39 is 15.8 Å². The number of carboxylic acid groups (broad SMARTS) is 1. The van der Waals surface area contributed by atoms with Crippen LogP contribution in [0.25, 0.3) is 0 Å². The molecule has 0 saturated heterocycles. The predicted octanol–water partition coefficient (Wildman–Crippen LogP) is 1.65. The van der Waals surface area contributed by atoms with Crippen LogP contribution in [0, 0.1) is 0 Å². The second kappa shape index (κ2) is 5.69. The zero-order chi connectivity index (χ0) is 15.6. The average Bonchev–Trinajstić information content (AvgIpc) is 2.82. The molecule has 1 N–H and O–H groups in total. The van der Waals surface area contributed by atoms with Gasteiger partial charge in [-0.1, -0.05) is 13.0 Å². The minimum atomic E-state index is -3.62. The maximum absolute atomic E-state index is 12.5. The van der Waals surface area contributed by atoms with Crippen LogP contribution in [-0.2, 0) is 29.1 Å². The minimum Gasteiger partial charge on any atom is -0.478 e. The average molecular weight is 308 g/mol. The third-order valence-corrected chi connectivity index (χ3v) is 4.91. The molecule has 0 fully saturated rings. The van der Waals surface area contributed by atoms with Gasteiger partial charge in [0.05, 0.1) is 22.4 Å². The Balaban J connectivity index is 2.47. The molecule has 2 rings (SSSR count). The Labute approximate surface area is 123 Å². The van der Waals surface area contributed by atoms with Gasteiger partial charge in [0.2, 0.25) is 0 Å². The normalized spacial score (nSPS) is 11.5. The molecule has 1 heterocycles. The summed E-state index contributed by atoms with van der Waals surface area (Å²) < 4.78 is 26.6. The van der Waals surface area contributed by atoms with Crippen molar-refractivity contribution >= 4 is 15.8 Å². The Morgan fingerprint density at radius 2 is 2.10 bits per heavy atom. The van der Waals surface area contributed by atoms with Gasteiger partial charge in [-0.2, -0.15) is 5.10 Å². The molecule has 1 aromatic heterocycles. The lowest BCUT2D eigenvalue weighted by atomic mass is 10.1. The van der Waals surface area contributed by atoms with E-state index in [9.17, 15) is 13.2 Å². The first kappa shape index (κ1) is 15.2. The summed E-state index contributed by atoms with van der Waals surface area (Å²) >= 11 is 0. The van der Waals surface area contributed by atoms with Crippen LogP contribution >= 0.6 is 0 Å². The highest BCUT2D eigenvalue weighted by molar-refractivity contribution is 7.90. The molecule has 112 valence electrons. The topological polar surface area (TPSA) is 89.3 Å². The van der Waals surface area contributed by atoms with Gasteiger partial charge in [0, 0.05) is 18.8 Å². The molecule has 0 aliphatic rings. The molecule has 0 bridgehead atoms. The number of hydrogen-bond donors (Lipinski definition) is 1. The summed E-state index contributed by atoms with van der Waals surface area (Å²) in [6.07, 6.45) is 3.63. The second-order valence-electron chi connectivity index (χ2n) is 4.76. The van der Waals surface area contributed by atoms with Crippen LogP contribution < -0.4 is 0 Å². The highest BCUT2D eigenvalue weighted by Gasteiger charge is 2.21. The number of aryl methyl sites for hydroxylation is 2. The van der Waals surface area contributed by atoms with E-state index in [1.165, 1.54) is 23.0 Å². The lowest BCUT2D eigenvalue weighted by Gasteiger charge is -2.09. The number of nitrogens with zero attached hydrogens (tertiary/aromatic N) is 2. The Morgan fingerprint density at radius 1 is 1.38 bits per heavy atom. The van der Waals surface area contributed by atoms with Crippen molar-refractivity contribution in [3.63, 3.8) is 0 Å². The van der Waals surface area contributed by atoms with Gasteiger partial charge in [-0.05, 0) is 24.1 Å². The number of aromatic carboxylic acids is 1. The number of carbonyl (C=O) groups is 1. The van der Waals surface area contributed by atoms with Crippen molar-refractivity contribution in [3.8, 4) is 0 Å². The van der Waals surface area contributed by atoms with Gasteiger partial charge in [0.1, 0.15) is 0 Å². The van der Waals surface area contributed by atoms with Crippen molar-refractivity contribution in [2.24, 2.45) is 7.05 Å². The third-order valence-electron chi connectivity index (χ3n) is 3.15. The molecular weight excluding hydrogens is 292 g/mol. The molecule has 0 aliphatic carbocycles. The standard InChI is InChI=1S/C14H16N2O4S/c1-3-11-4-5-12(14(17)18)6-13(11)21(19,20)9-10-7-15-16(2)8-10/h4-8H,3,9H2,1-2H3,(H,17,18). The van der Waals surface area contributed by atoms with E-state index in [2.05, 4.69) is 5.10 Å². The number of aromatic nitrogens is 2. The van der Waals surface area contributed by atoms with E-state index in [-0.39, 0.29) is 16.2 Å². The summed E-state index contributed by atoms with van der Waals surface area (Å²) in [5, 5.41) is 13.0. The fourth-order valence-corrected chi connectivity index (χ4v) is 3.77. The van der Waals surface area contributed by atoms with Gasteiger partial charge in [-0.25, -0.2) is 13.2 Å². The van der Waals surface area contributed by atoms with Crippen molar-refractivity contribution < 1.29 is 18.3 Å². The van der Waals surface area contributed by atoms with Crippen LogP contribution in [0.2, 0.25) is 0 Å². The lowest BCUT2D eigenvalue weighted by molar-refractivity contribution is 0.0696. The summed E-state index contributed by atoms with van der Waals surface area (Å²) in [6.45, 7) is 1.83. The van der Waals surface area contributed by atoms with Crippen LogP contribution in [-0.4, -0.2) is 29.3 Å². The van der Waals surface area contributed by atoms with Crippen molar-refractivity contribution in [2.45, 2.75) is 24.0 Å². The number of carboxylic acids is 1. The fraction of sp³-hybridized carbons (Fsp3) is 0.286. The van der Waals surface area contributed by atoms with E-state index in [0.717, 1.165) is 0 Å². The minimum absolute atomic E-state index is 0.0306. The number of rotatable bonds is 5. The van der Waals surface area contributed by atoms with E-state index in [1.54, 1.807) is 19.3 Å². The monoisotopic (exact) mass is 308 g/mol. The zero-order valence-electron chi connectivity index (χ0n) is 11.8.